The Labute approximate surface area is 166 Å². The first-order valence-corrected chi connectivity index (χ1v) is 9.30. The number of phenolic OH excluding ortho intramolecular Hbond substituents is 2. The van der Waals surface area contributed by atoms with Gasteiger partial charge in [-0.25, -0.2) is 0 Å². The first kappa shape index (κ1) is 21.7. The first-order chi connectivity index (χ1) is 13.1. The number of hydrogen-bond acceptors (Lipinski definition) is 5. The maximum atomic E-state index is 11.9. The van der Waals surface area contributed by atoms with Crippen LogP contribution in [-0.2, 0) is 17.6 Å². The molecule has 0 aliphatic carbocycles. The van der Waals surface area contributed by atoms with Gasteiger partial charge in [-0.05, 0) is 49.1 Å². The number of benzene rings is 2. The highest BCUT2D eigenvalue weighted by molar-refractivity contribution is 5.78. The van der Waals surface area contributed by atoms with Crippen molar-refractivity contribution in [2.24, 2.45) is 0 Å². The molecule has 2 aromatic rings. The summed E-state index contributed by atoms with van der Waals surface area (Å²) >= 11 is 0. The topological polar surface area (TPSA) is 93.0 Å². The minimum Gasteiger partial charge on any atom is -0.508 e. The molecule has 1 unspecified atom stereocenters. The summed E-state index contributed by atoms with van der Waals surface area (Å²) in [7, 11) is 3.49. The summed E-state index contributed by atoms with van der Waals surface area (Å²) in [5, 5.41) is 32.8. The predicted molar refractivity (Wildman–Crippen MR) is 109 cm³/mol. The number of aromatic hydroxyl groups is 2. The number of carbonyl (C=O) groups excluding carboxylic acids is 1. The van der Waals surface area contributed by atoms with Crippen molar-refractivity contribution < 1.29 is 20.1 Å². The number of aliphatic hydroxyl groups is 1. The SMILES string of the molecule is CN(C)C(=O)Cc1cccc(CC(C)(C)NCC(O)c2cc(O)cc(O)c2)c1. The maximum Gasteiger partial charge on any atom is 0.226 e. The van der Waals surface area contributed by atoms with E-state index in [-0.39, 0.29) is 29.5 Å². The molecular formula is C22H30N2O4. The lowest BCUT2D eigenvalue weighted by molar-refractivity contribution is -0.127. The highest BCUT2D eigenvalue weighted by Gasteiger charge is 2.20. The largest absolute Gasteiger partial charge is 0.508 e. The van der Waals surface area contributed by atoms with E-state index in [2.05, 4.69) is 5.32 Å². The molecule has 152 valence electrons. The number of hydrogen-bond donors (Lipinski definition) is 4. The van der Waals surface area contributed by atoms with Crippen molar-refractivity contribution in [3.63, 3.8) is 0 Å². The molecule has 0 saturated heterocycles. The van der Waals surface area contributed by atoms with Gasteiger partial charge in [-0.1, -0.05) is 24.3 Å². The number of β-amino-alcohol motifs (C(OH)–C–C–N with tert-alkyl or cyclic N) is 1. The molecule has 0 spiro atoms. The van der Waals surface area contributed by atoms with Crippen LogP contribution in [0.15, 0.2) is 42.5 Å². The van der Waals surface area contributed by atoms with Gasteiger partial charge in [0.2, 0.25) is 5.91 Å². The summed E-state index contributed by atoms with van der Waals surface area (Å²) in [6, 6.07) is 12.1. The molecule has 0 radical (unpaired) electrons. The van der Waals surface area contributed by atoms with E-state index in [9.17, 15) is 20.1 Å². The molecule has 6 nitrogen and oxygen atoms in total. The van der Waals surface area contributed by atoms with Crippen LogP contribution in [0.5, 0.6) is 11.5 Å². The second-order valence-corrected chi connectivity index (χ2v) is 8.02. The van der Waals surface area contributed by atoms with Crippen LogP contribution in [0.3, 0.4) is 0 Å². The number of phenols is 2. The fraction of sp³-hybridized carbons (Fsp3) is 0.409. The standard InChI is InChI=1S/C22H30N2O4/c1-22(2,23-14-20(27)17-10-18(25)12-19(26)11-17)13-16-7-5-6-15(8-16)9-21(28)24(3)4/h5-8,10-12,20,23,25-27H,9,13-14H2,1-4H3. The molecule has 6 heteroatoms. The zero-order chi connectivity index (χ0) is 20.9. The van der Waals surface area contributed by atoms with Crippen molar-refractivity contribution in [1.29, 1.82) is 0 Å². The Balaban J connectivity index is 1.98. The van der Waals surface area contributed by atoms with Crippen molar-refractivity contribution in [3.8, 4) is 11.5 Å². The maximum absolute atomic E-state index is 11.9. The molecule has 1 atom stereocenters. The van der Waals surface area contributed by atoms with Gasteiger partial charge in [0, 0.05) is 32.2 Å². The summed E-state index contributed by atoms with van der Waals surface area (Å²) in [5.41, 5.74) is 2.22. The third-order valence-corrected chi connectivity index (χ3v) is 4.58. The minimum absolute atomic E-state index is 0.0621. The average Bonchev–Trinajstić information content (AvgIpc) is 2.58. The van der Waals surface area contributed by atoms with Crippen LogP contribution in [0.1, 0.15) is 36.6 Å². The third kappa shape index (κ3) is 6.55. The zero-order valence-corrected chi connectivity index (χ0v) is 16.9. The van der Waals surface area contributed by atoms with Gasteiger partial charge in [0.15, 0.2) is 0 Å². The van der Waals surface area contributed by atoms with Gasteiger partial charge in [0.25, 0.3) is 0 Å². The van der Waals surface area contributed by atoms with Crippen molar-refractivity contribution in [2.75, 3.05) is 20.6 Å². The van der Waals surface area contributed by atoms with Crippen molar-refractivity contribution in [3.05, 3.63) is 59.2 Å². The molecule has 28 heavy (non-hydrogen) atoms. The molecule has 2 rings (SSSR count). The molecule has 0 aliphatic rings. The van der Waals surface area contributed by atoms with Crippen molar-refractivity contribution >= 4 is 5.91 Å². The highest BCUT2D eigenvalue weighted by Crippen LogP contribution is 2.25. The van der Waals surface area contributed by atoms with Crippen LogP contribution in [0, 0.1) is 0 Å². The summed E-state index contributed by atoms with van der Waals surface area (Å²) in [6.45, 7) is 4.35. The quantitative estimate of drug-likeness (QED) is 0.559. The molecule has 2 aromatic carbocycles. The zero-order valence-electron chi connectivity index (χ0n) is 16.9. The number of carbonyl (C=O) groups is 1. The van der Waals surface area contributed by atoms with Crippen LogP contribution < -0.4 is 5.32 Å². The number of nitrogens with zero attached hydrogens (tertiary/aromatic N) is 1. The van der Waals surface area contributed by atoms with E-state index < -0.39 is 6.10 Å². The highest BCUT2D eigenvalue weighted by atomic mass is 16.3. The van der Waals surface area contributed by atoms with Gasteiger partial charge in [-0.3, -0.25) is 4.79 Å². The predicted octanol–water partition coefficient (Wildman–Crippen LogP) is 2.37. The number of nitrogens with one attached hydrogen (secondary N) is 1. The smallest absolute Gasteiger partial charge is 0.226 e. The van der Waals surface area contributed by atoms with Crippen LogP contribution >= 0.6 is 0 Å². The van der Waals surface area contributed by atoms with Crippen LogP contribution in [0.2, 0.25) is 0 Å². The second-order valence-electron chi connectivity index (χ2n) is 8.02. The molecule has 0 fully saturated rings. The summed E-state index contributed by atoms with van der Waals surface area (Å²) in [4.78, 5) is 13.5. The Hall–Kier alpha value is -2.57. The molecule has 0 bridgehead atoms. The summed E-state index contributed by atoms with van der Waals surface area (Å²) in [6.07, 6.45) is 0.227. The Bertz CT molecular complexity index is 798. The number of amides is 1. The Morgan fingerprint density at radius 2 is 1.68 bits per heavy atom. The monoisotopic (exact) mass is 386 g/mol. The van der Waals surface area contributed by atoms with Gasteiger partial charge in [0.1, 0.15) is 11.5 Å². The minimum atomic E-state index is -0.860. The molecule has 0 aromatic heterocycles. The number of likely N-dealkylation sites (N-methyl/N-ethyl adjacent to an activating group) is 1. The Kier molecular flexibility index (Phi) is 7.05. The van der Waals surface area contributed by atoms with Gasteiger partial charge in [-0.15, -0.1) is 0 Å². The van der Waals surface area contributed by atoms with Crippen LogP contribution in [0.25, 0.3) is 0 Å². The summed E-state index contributed by atoms with van der Waals surface area (Å²) in [5.74, 6) is -0.109. The van der Waals surface area contributed by atoms with E-state index in [1.54, 1.807) is 19.0 Å². The number of rotatable bonds is 8. The van der Waals surface area contributed by atoms with Crippen LogP contribution in [-0.4, -0.2) is 52.3 Å². The van der Waals surface area contributed by atoms with E-state index in [1.165, 1.54) is 18.2 Å². The first-order valence-electron chi connectivity index (χ1n) is 9.30. The normalized spacial score (nSPS) is 12.6. The van der Waals surface area contributed by atoms with E-state index in [1.807, 2.05) is 38.1 Å². The van der Waals surface area contributed by atoms with Gasteiger partial charge < -0.3 is 25.5 Å². The van der Waals surface area contributed by atoms with Gasteiger partial charge in [-0.2, -0.15) is 0 Å². The fourth-order valence-electron chi connectivity index (χ4n) is 3.06. The Morgan fingerprint density at radius 3 is 2.29 bits per heavy atom. The van der Waals surface area contributed by atoms with E-state index in [4.69, 9.17) is 0 Å². The molecule has 1 amide bonds. The second kappa shape index (κ2) is 9.08. The molecule has 0 saturated carbocycles. The lowest BCUT2D eigenvalue weighted by atomic mass is 9.93. The van der Waals surface area contributed by atoms with Gasteiger partial charge in [0.05, 0.1) is 12.5 Å². The fourth-order valence-corrected chi connectivity index (χ4v) is 3.06. The average molecular weight is 386 g/mol. The van der Waals surface area contributed by atoms with E-state index in [0.29, 0.717) is 12.0 Å². The number of aliphatic hydroxyl groups excluding tert-OH is 1. The molecule has 0 aliphatic heterocycles. The van der Waals surface area contributed by atoms with Crippen LogP contribution in [0.4, 0.5) is 0 Å². The Morgan fingerprint density at radius 1 is 1.07 bits per heavy atom. The van der Waals surface area contributed by atoms with E-state index in [0.717, 1.165) is 17.5 Å². The van der Waals surface area contributed by atoms with Crippen molar-refractivity contribution in [2.45, 2.75) is 38.3 Å². The summed E-state index contributed by atoms with van der Waals surface area (Å²) < 4.78 is 0. The van der Waals surface area contributed by atoms with E-state index >= 15 is 0 Å². The van der Waals surface area contributed by atoms with Gasteiger partial charge >= 0.3 is 0 Å². The molecule has 4 N–H and O–H groups in total. The van der Waals surface area contributed by atoms with Crippen molar-refractivity contribution in [1.82, 2.24) is 10.2 Å². The molecule has 0 heterocycles. The lowest BCUT2D eigenvalue weighted by Crippen LogP contribution is -2.43. The third-order valence-electron chi connectivity index (χ3n) is 4.58. The lowest BCUT2D eigenvalue weighted by Gasteiger charge is -2.28. The molecular weight excluding hydrogens is 356 g/mol.